The van der Waals surface area contributed by atoms with Crippen molar-refractivity contribution in [3.8, 4) is 0 Å². The van der Waals surface area contributed by atoms with E-state index in [2.05, 4.69) is 5.32 Å². The normalized spacial score (nSPS) is 25.1. The molecule has 1 heterocycles. The Morgan fingerprint density at radius 2 is 1.86 bits per heavy atom. The van der Waals surface area contributed by atoms with Gasteiger partial charge in [-0.05, 0) is 36.2 Å². The van der Waals surface area contributed by atoms with E-state index in [9.17, 15) is 9.50 Å². The number of nitrogens with one attached hydrogen (secondary N) is 1. The number of hydrogen-bond acceptors (Lipinski definition) is 3. The molecule has 2 aromatic rings. The Kier molecular flexibility index (Phi) is 4.52. The first-order valence-electron chi connectivity index (χ1n) is 7.53. The van der Waals surface area contributed by atoms with Crippen molar-refractivity contribution in [1.82, 2.24) is 5.32 Å². The lowest BCUT2D eigenvalue weighted by molar-refractivity contribution is -0.152. The number of piperidine rings is 1. The van der Waals surface area contributed by atoms with Crippen molar-refractivity contribution in [1.29, 1.82) is 0 Å². The fourth-order valence-corrected chi connectivity index (χ4v) is 2.95. The lowest BCUT2D eigenvalue weighted by Gasteiger charge is -2.42. The molecule has 0 spiro atoms. The van der Waals surface area contributed by atoms with Crippen molar-refractivity contribution in [3.63, 3.8) is 0 Å². The van der Waals surface area contributed by atoms with E-state index >= 15 is 0 Å². The van der Waals surface area contributed by atoms with Crippen LogP contribution in [0.3, 0.4) is 0 Å². The molecule has 0 radical (unpaired) electrons. The topological polar surface area (TPSA) is 41.5 Å². The van der Waals surface area contributed by atoms with Crippen LogP contribution in [-0.4, -0.2) is 24.3 Å². The average Bonchev–Trinajstić information content (AvgIpc) is 2.56. The Labute approximate surface area is 129 Å². The Balaban J connectivity index is 1.87. The smallest absolute Gasteiger partial charge is 0.123 e. The maximum Gasteiger partial charge on any atom is 0.123 e. The highest BCUT2D eigenvalue weighted by molar-refractivity contribution is 5.26. The van der Waals surface area contributed by atoms with Gasteiger partial charge in [-0.15, -0.1) is 0 Å². The number of benzene rings is 2. The first-order valence-corrected chi connectivity index (χ1v) is 7.53. The van der Waals surface area contributed by atoms with Gasteiger partial charge in [-0.1, -0.05) is 42.5 Å². The molecular formula is C18H20FNO2. The summed E-state index contributed by atoms with van der Waals surface area (Å²) in [6.07, 6.45) is -0.0254. The van der Waals surface area contributed by atoms with Crippen LogP contribution in [-0.2, 0) is 16.9 Å². The molecule has 2 unspecified atom stereocenters. The number of β-amino-alcohol motifs (C(OH)–C–C–N with tert-alkyl or cyclic N) is 1. The zero-order chi connectivity index (χ0) is 15.4. The van der Waals surface area contributed by atoms with Crippen LogP contribution in [0, 0.1) is 5.82 Å². The van der Waals surface area contributed by atoms with E-state index in [1.807, 2.05) is 30.3 Å². The van der Waals surface area contributed by atoms with Crippen LogP contribution < -0.4 is 5.32 Å². The third-order valence-electron chi connectivity index (χ3n) is 4.22. The van der Waals surface area contributed by atoms with Gasteiger partial charge in [0.15, 0.2) is 0 Å². The van der Waals surface area contributed by atoms with Gasteiger partial charge >= 0.3 is 0 Å². The molecule has 2 N–H and O–H groups in total. The van der Waals surface area contributed by atoms with Gasteiger partial charge in [0.2, 0.25) is 0 Å². The van der Waals surface area contributed by atoms with Gasteiger partial charge in [-0.3, -0.25) is 0 Å². The summed E-state index contributed by atoms with van der Waals surface area (Å²) in [7, 11) is 0. The van der Waals surface area contributed by atoms with Crippen molar-refractivity contribution in [2.24, 2.45) is 0 Å². The van der Waals surface area contributed by atoms with Crippen LogP contribution in [0.1, 0.15) is 17.5 Å². The molecule has 1 fully saturated rings. The van der Waals surface area contributed by atoms with E-state index in [-0.39, 0.29) is 5.82 Å². The van der Waals surface area contributed by atoms with E-state index in [1.165, 1.54) is 12.1 Å². The summed E-state index contributed by atoms with van der Waals surface area (Å²) in [5, 5.41) is 13.7. The Morgan fingerprint density at radius 1 is 1.14 bits per heavy atom. The van der Waals surface area contributed by atoms with Crippen molar-refractivity contribution < 1.29 is 14.2 Å². The van der Waals surface area contributed by atoms with Crippen LogP contribution in [0.5, 0.6) is 0 Å². The van der Waals surface area contributed by atoms with Gasteiger partial charge in [0.25, 0.3) is 0 Å². The largest absolute Gasteiger partial charge is 0.388 e. The molecule has 0 saturated carbocycles. The summed E-state index contributed by atoms with van der Waals surface area (Å²) in [4.78, 5) is 0. The third-order valence-corrected chi connectivity index (χ3v) is 4.22. The zero-order valence-corrected chi connectivity index (χ0v) is 12.3. The van der Waals surface area contributed by atoms with E-state index in [1.54, 1.807) is 12.1 Å². The standard InChI is InChI=1S/C18H20FNO2/c19-16-8-6-15(7-9-16)18(10-11-20-12-17(18)21)22-13-14-4-2-1-3-5-14/h1-9,17,20-21H,10-13H2. The van der Waals surface area contributed by atoms with Gasteiger partial charge in [-0.2, -0.15) is 0 Å². The van der Waals surface area contributed by atoms with Gasteiger partial charge < -0.3 is 15.2 Å². The fraction of sp³-hybridized carbons (Fsp3) is 0.333. The molecule has 0 amide bonds. The summed E-state index contributed by atoms with van der Waals surface area (Å²) in [6, 6.07) is 16.1. The molecule has 3 rings (SSSR count). The molecule has 0 aromatic heterocycles. The van der Waals surface area contributed by atoms with Gasteiger partial charge in [0.1, 0.15) is 11.4 Å². The first-order chi connectivity index (χ1) is 10.7. The predicted molar refractivity (Wildman–Crippen MR) is 82.8 cm³/mol. The second kappa shape index (κ2) is 6.57. The van der Waals surface area contributed by atoms with Crippen molar-refractivity contribution in [2.45, 2.75) is 24.7 Å². The number of halogens is 1. The molecule has 1 aliphatic heterocycles. The highest BCUT2D eigenvalue weighted by atomic mass is 19.1. The van der Waals surface area contributed by atoms with Gasteiger partial charge in [-0.25, -0.2) is 4.39 Å². The number of aliphatic hydroxyl groups is 1. The molecule has 2 aromatic carbocycles. The minimum absolute atomic E-state index is 0.287. The average molecular weight is 301 g/mol. The monoisotopic (exact) mass is 301 g/mol. The minimum atomic E-state index is -0.797. The maximum atomic E-state index is 13.2. The lowest BCUT2D eigenvalue weighted by atomic mass is 9.82. The van der Waals surface area contributed by atoms with E-state index < -0.39 is 11.7 Å². The number of ether oxygens (including phenoxy) is 1. The number of aliphatic hydroxyl groups excluding tert-OH is 1. The van der Waals surface area contributed by atoms with Crippen LogP contribution in [0.25, 0.3) is 0 Å². The van der Waals surface area contributed by atoms with E-state index in [4.69, 9.17) is 4.74 Å². The molecule has 0 aliphatic carbocycles. The van der Waals surface area contributed by atoms with Crippen molar-refractivity contribution in [3.05, 3.63) is 71.5 Å². The first kappa shape index (κ1) is 15.2. The zero-order valence-electron chi connectivity index (χ0n) is 12.3. The molecule has 22 heavy (non-hydrogen) atoms. The van der Waals surface area contributed by atoms with Crippen LogP contribution in [0.15, 0.2) is 54.6 Å². The number of rotatable bonds is 4. The molecule has 3 nitrogen and oxygen atoms in total. The Hall–Kier alpha value is -1.75. The summed E-state index contributed by atoms with van der Waals surface area (Å²) in [5.74, 6) is -0.287. The highest BCUT2D eigenvalue weighted by Gasteiger charge is 2.42. The SMILES string of the molecule is OC1CNCCC1(OCc1ccccc1)c1ccc(F)cc1. The lowest BCUT2D eigenvalue weighted by Crippen LogP contribution is -2.53. The van der Waals surface area contributed by atoms with Crippen molar-refractivity contribution in [2.75, 3.05) is 13.1 Å². The molecule has 0 bridgehead atoms. The fourth-order valence-electron chi connectivity index (χ4n) is 2.95. The molecular weight excluding hydrogens is 281 g/mol. The van der Waals surface area contributed by atoms with Gasteiger partial charge in [0.05, 0.1) is 12.7 Å². The summed E-state index contributed by atoms with van der Waals surface area (Å²) in [6.45, 7) is 1.63. The molecule has 4 heteroatoms. The Morgan fingerprint density at radius 3 is 2.55 bits per heavy atom. The Bertz CT molecular complexity index is 602. The summed E-state index contributed by atoms with van der Waals surface area (Å²) >= 11 is 0. The summed E-state index contributed by atoms with van der Waals surface area (Å²) in [5.41, 5.74) is 1.07. The van der Waals surface area contributed by atoms with Crippen LogP contribution in [0.2, 0.25) is 0 Å². The maximum absolute atomic E-state index is 13.2. The second-order valence-electron chi connectivity index (χ2n) is 5.64. The van der Waals surface area contributed by atoms with Crippen molar-refractivity contribution >= 4 is 0 Å². The van der Waals surface area contributed by atoms with E-state index in [0.29, 0.717) is 19.6 Å². The molecule has 2 atom stereocenters. The van der Waals surface area contributed by atoms with Crippen LogP contribution >= 0.6 is 0 Å². The predicted octanol–water partition coefficient (Wildman–Crippen LogP) is 2.59. The van der Waals surface area contributed by atoms with Gasteiger partial charge in [0, 0.05) is 6.54 Å². The minimum Gasteiger partial charge on any atom is -0.388 e. The third kappa shape index (κ3) is 3.04. The summed E-state index contributed by atoms with van der Waals surface area (Å²) < 4.78 is 19.4. The molecule has 1 saturated heterocycles. The molecule has 116 valence electrons. The quantitative estimate of drug-likeness (QED) is 0.912. The number of hydrogen-bond donors (Lipinski definition) is 2. The highest BCUT2D eigenvalue weighted by Crippen LogP contribution is 2.36. The molecule has 1 aliphatic rings. The van der Waals surface area contributed by atoms with E-state index in [0.717, 1.165) is 17.7 Å². The van der Waals surface area contributed by atoms with Crippen LogP contribution in [0.4, 0.5) is 4.39 Å². The second-order valence-corrected chi connectivity index (χ2v) is 5.64.